The van der Waals surface area contributed by atoms with E-state index in [1.54, 1.807) is 19.0 Å². The van der Waals surface area contributed by atoms with Gasteiger partial charge in [-0.2, -0.15) is 0 Å². The van der Waals surface area contributed by atoms with Gasteiger partial charge < -0.3 is 19.5 Å². The minimum Gasteiger partial charge on any atom is -0.502 e. The Balaban J connectivity index is 2.07. The van der Waals surface area contributed by atoms with Gasteiger partial charge in [-0.25, -0.2) is 0 Å². The Morgan fingerprint density at radius 2 is 1.75 bits per heavy atom. The molecule has 1 aliphatic rings. The van der Waals surface area contributed by atoms with E-state index in [4.69, 9.17) is 0 Å². The highest BCUT2D eigenvalue weighted by molar-refractivity contribution is 6.03. The summed E-state index contributed by atoms with van der Waals surface area (Å²) in [5.41, 5.74) is 2.99. The maximum Gasteiger partial charge on any atom is 0.293 e. The van der Waals surface area contributed by atoms with Gasteiger partial charge in [-0.1, -0.05) is 29.3 Å². The first-order valence-electron chi connectivity index (χ1n) is 9.14. The molecule has 0 fully saturated rings. The molecule has 7 nitrogen and oxygen atoms in total. The van der Waals surface area contributed by atoms with Crippen molar-refractivity contribution in [2.45, 2.75) is 26.8 Å². The van der Waals surface area contributed by atoms with Gasteiger partial charge in [-0.05, 0) is 25.8 Å². The number of aromatic hydroxyl groups is 1. The third kappa shape index (κ3) is 3.28. The van der Waals surface area contributed by atoms with Gasteiger partial charge in [-0.3, -0.25) is 14.4 Å². The van der Waals surface area contributed by atoms with Crippen molar-refractivity contribution in [3.63, 3.8) is 0 Å². The Labute approximate surface area is 163 Å². The smallest absolute Gasteiger partial charge is 0.293 e. The summed E-state index contributed by atoms with van der Waals surface area (Å²) in [4.78, 5) is 41.2. The van der Waals surface area contributed by atoms with E-state index in [0.29, 0.717) is 25.1 Å². The van der Waals surface area contributed by atoms with Crippen LogP contribution >= 0.6 is 0 Å². The number of nitrogens with zero attached hydrogens (tertiary/aromatic N) is 3. The number of amides is 2. The van der Waals surface area contributed by atoms with Gasteiger partial charge in [0.05, 0.1) is 5.56 Å². The molecular formula is C21H25N3O4. The SMILES string of the molecule is Cc1cc(C)cc(CN2CCc3c(c(O)c(=O)n(C)c3C(=O)N(C)C)C2=O)c1. The van der Waals surface area contributed by atoms with E-state index in [9.17, 15) is 19.5 Å². The molecule has 148 valence electrons. The molecule has 1 aromatic heterocycles. The van der Waals surface area contributed by atoms with Crippen molar-refractivity contribution < 1.29 is 14.7 Å². The number of carbonyl (C=O) groups excluding carboxylic acids is 2. The molecule has 7 heteroatoms. The fourth-order valence-electron chi connectivity index (χ4n) is 3.83. The lowest BCUT2D eigenvalue weighted by Gasteiger charge is -2.31. The largest absolute Gasteiger partial charge is 0.502 e. The molecule has 0 unspecified atom stereocenters. The maximum atomic E-state index is 13.1. The molecular weight excluding hydrogens is 358 g/mol. The van der Waals surface area contributed by atoms with E-state index in [0.717, 1.165) is 21.3 Å². The highest BCUT2D eigenvalue weighted by Crippen LogP contribution is 2.29. The number of aromatic nitrogens is 1. The number of aryl methyl sites for hydroxylation is 2. The van der Waals surface area contributed by atoms with Crippen LogP contribution in [0.3, 0.4) is 0 Å². The molecule has 2 heterocycles. The first kappa shape index (κ1) is 19.7. The van der Waals surface area contributed by atoms with E-state index >= 15 is 0 Å². The highest BCUT2D eigenvalue weighted by atomic mass is 16.3. The molecule has 0 spiro atoms. The van der Waals surface area contributed by atoms with Crippen LogP contribution < -0.4 is 5.56 Å². The Morgan fingerprint density at radius 1 is 1.14 bits per heavy atom. The monoisotopic (exact) mass is 383 g/mol. The summed E-state index contributed by atoms with van der Waals surface area (Å²) in [6.45, 7) is 4.79. The minimum atomic E-state index is -0.745. The van der Waals surface area contributed by atoms with E-state index in [2.05, 4.69) is 6.07 Å². The van der Waals surface area contributed by atoms with Gasteiger partial charge >= 0.3 is 0 Å². The Hall–Kier alpha value is -3.09. The van der Waals surface area contributed by atoms with Crippen LogP contribution in [0.1, 0.15) is 43.1 Å². The van der Waals surface area contributed by atoms with E-state index < -0.39 is 17.2 Å². The molecule has 28 heavy (non-hydrogen) atoms. The van der Waals surface area contributed by atoms with Gasteiger partial charge in [-0.15, -0.1) is 0 Å². The summed E-state index contributed by atoms with van der Waals surface area (Å²) < 4.78 is 1.13. The van der Waals surface area contributed by atoms with Crippen LogP contribution in [0.2, 0.25) is 0 Å². The molecule has 1 aromatic carbocycles. The van der Waals surface area contributed by atoms with E-state index in [1.807, 2.05) is 26.0 Å². The number of hydrogen-bond donors (Lipinski definition) is 1. The molecule has 2 amide bonds. The quantitative estimate of drug-likeness (QED) is 0.873. The summed E-state index contributed by atoms with van der Waals surface area (Å²) in [5.74, 6) is -1.39. The normalized spacial score (nSPS) is 13.5. The van der Waals surface area contributed by atoms with Crippen LogP contribution in [0.15, 0.2) is 23.0 Å². The first-order valence-corrected chi connectivity index (χ1v) is 9.14. The number of carbonyl (C=O) groups is 2. The number of benzene rings is 1. The molecule has 0 radical (unpaired) electrons. The second kappa shape index (κ2) is 7.14. The third-order valence-electron chi connectivity index (χ3n) is 5.06. The topological polar surface area (TPSA) is 82.8 Å². The molecule has 0 saturated carbocycles. The summed E-state index contributed by atoms with van der Waals surface area (Å²) in [6.07, 6.45) is 0.391. The van der Waals surface area contributed by atoms with Gasteiger partial charge in [0, 0.05) is 39.8 Å². The van der Waals surface area contributed by atoms with Crippen molar-refractivity contribution in [1.29, 1.82) is 0 Å². The number of pyridine rings is 1. The third-order valence-corrected chi connectivity index (χ3v) is 5.06. The number of rotatable bonds is 3. The molecule has 2 aromatic rings. The number of hydrogen-bond acceptors (Lipinski definition) is 4. The van der Waals surface area contributed by atoms with Crippen molar-refractivity contribution in [3.05, 3.63) is 62.1 Å². The average molecular weight is 383 g/mol. The van der Waals surface area contributed by atoms with E-state index in [1.165, 1.54) is 11.9 Å². The lowest BCUT2D eigenvalue weighted by Crippen LogP contribution is -2.42. The van der Waals surface area contributed by atoms with Gasteiger partial charge in [0.15, 0.2) is 5.75 Å². The minimum absolute atomic E-state index is 0.0519. The van der Waals surface area contributed by atoms with Gasteiger partial charge in [0.1, 0.15) is 5.69 Å². The maximum absolute atomic E-state index is 13.1. The predicted octanol–water partition coefficient (Wildman–Crippen LogP) is 1.61. The Morgan fingerprint density at radius 3 is 2.32 bits per heavy atom. The number of fused-ring (bicyclic) bond motifs is 1. The molecule has 0 saturated heterocycles. The molecule has 1 N–H and O–H groups in total. The summed E-state index contributed by atoms with van der Waals surface area (Å²) >= 11 is 0. The summed E-state index contributed by atoms with van der Waals surface area (Å²) in [7, 11) is 4.61. The first-order chi connectivity index (χ1) is 13.1. The van der Waals surface area contributed by atoms with Crippen molar-refractivity contribution >= 4 is 11.8 Å². The van der Waals surface area contributed by atoms with Crippen molar-refractivity contribution in [2.75, 3.05) is 20.6 Å². The molecule has 0 bridgehead atoms. The lowest BCUT2D eigenvalue weighted by molar-refractivity contribution is 0.0720. The fraction of sp³-hybridized carbons (Fsp3) is 0.381. The van der Waals surface area contributed by atoms with Crippen molar-refractivity contribution in [3.8, 4) is 5.75 Å². The van der Waals surface area contributed by atoms with Gasteiger partial charge in [0.25, 0.3) is 17.4 Å². The van der Waals surface area contributed by atoms with Crippen LogP contribution in [0, 0.1) is 13.8 Å². The van der Waals surface area contributed by atoms with Crippen molar-refractivity contribution in [2.24, 2.45) is 7.05 Å². The highest BCUT2D eigenvalue weighted by Gasteiger charge is 2.34. The molecule has 0 aliphatic carbocycles. The zero-order chi connectivity index (χ0) is 20.7. The molecule has 3 rings (SSSR count). The standard InChI is InChI=1S/C21H25N3O4/c1-12-8-13(2)10-14(9-12)11-24-7-6-15-16(19(24)26)18(25)21(28)23(5)17(15)20(27)22(3)4/h8-10,25H,6-7,11H2,1-5H3. The average Bonchev–Trinajstić information content (AvgIpc) is 2.61. The Bertz CT molecular complexity index is 1020. The van der Waals surface area contributed by atoms with Crippen LogP contribution in [-0.4, -0.2) is 51.9 Å². The van der Waals surface area contributed by atoms with Crippen LogP contribution in [-0.2, 0) is 20.0 Å². The predicted molar refractivity (Wildman–Crippen MR) is 106 cm³/mol. The second-order valence-corrected chi connectivity index (χ2v) is 7.59. The second-order valence-electron chi connectivity index (χ2n) is 7.59. The molecule has 0 atom stereocenters. The Kier molecular flexibility index (Phi) is 5.02. The molecule has 1 aliphatic heterocycles. The van der Waals surface area contributed by atoms with Crippen LogP contribution in [0.5, 0.6) is 5.75 Å². The van der Waals surface area contributed by atoms with Crippen LogP contribution in [0.4, 0.5) is 0 Å². The lowest BCUT2D eigenvalue weighted by atomic mass is 9.95. The van der Waals surface area contributed by atoms with E-state index in [-0.39, 0.29) is 17.2 Å². The summed E-state index contributed by atoms with van der Waals surface area (Å²) in [5, 5.41) is 10.4. The fourth-order valence-corrected chi connectivity index (χ4v) is 3.83. The summed E-state index contributed by atoms with van der Waals surface area (Å²) in [6, 6.07) is 6.09. The van der Waals surface area contributed by atoms with Gasteiger partial charge in [0.2, 0.25) is 0 Å². The van der Waals surface area contributed by atoms with Crippen LogP contribution in [0.25, 0.3) is 0 Å². The zero-order valence-corrected chi connectivity index (χ0v) is 16.9. The zero-order valence-electron chi connectivity index (χ0n) is 16.9. The van der Waals surface area contributed by atoms with Crippen molar-refractivity contribution in [1.82, 2.24) is 14.4 Å².